The van der Waals surface area contributed by atoms with E-state index in [2.05, 4.69) is 0 Å². The molecule has 1 amide bonds. The van der Waals surface area contributed by atoms with Gasteiger partial charge in [-0.05, 0) is 44.7 Å². The Morgan fingerprint density at radius 1 is 1.18 bits per heavy atom. The Morgan fingerprint density at radius 3 is 2.71 bits per heavy atom. The number of carbonyl (C=O) groups excluding carboxylic acids is 1. The number of aliphatic carboxylic acids is 1. The van der Waals surface area contributed by atoms with Crippen molar-refractivity contribution >= 4 is 22.6 Å². The number of fused-ring (bicyclic) bond motifs is 1. The van der Waals surface area contributed by atoms with Crippen molar-refractivity contribution in [3.63, 3.8) is 0 Å². The predicted molar refractivity (Wildman–Crippen MR) is 109 cm³/mol. The van der Waals surface area contributed by atoms with Gasteiger partial charge in [0.2, 0.25) is 0 Å². The van der Waals surface area contributed by atoms with Crippen molar-refractivity contribution in [2.75, 3.05) is 26.7 Å². The van der Waals surface area contributed by atoms with Crippen LogP contribution in [-0.4, -0.2) is 65.6 Å². The summed E-state index contributed by atoms with van der Waals surface area (Å²) in [5.41, 5.74) is 0. The van der Waals surface area contributed by atoms with Crippen LogP contribution in [0.1, 0.15) is 26.2 Å². The molecule has 28 heavy (non-hydrogen) atoms. The highest BCUT2D eigenvalue weighted by Crippen LogP contribution is 2.26. The SMILES string of the molecule is CC(Oc1cccc2ccccc12)C(=O)N1CCCC(N(C)CC(=O)O)CC1. The number of rotatable bonds is 6. The van der Waals surface area contributed by atoms with E-state index in [1.54, 1.807) is 6.92 Å². The zero-order valence-electron chi connectivity index (χ0n) is 16.5. The molecule has 1 saturated heterocycles. The Morgan fingerprint density at radius 2 is 1.93 bits per heavy atom. The second-order valence-electron chi connectivity index (χ2n) is 7.46. The minimum atomic E-state index is -0.822. The van der Waals surface area contributed by atoms with Gasteiger partial charge in [0.1, 0.15) is 5.75 Å². The molecular weight excluding hydrogens is 356 g/mol. The van der Waals surface area contributed by atoms with Crippen molar-refractivity contribution in [1.82, 2.24) is 9.80 Å². The number of carbonyl (C=O) groups is 2. The molecule has 0 bridgehead atoms. The third-order valence-corrected chi connectivity index (χ3v) is 5.42. The first-order chi connectivity index (χ1) is 13.5. The van der Waals surface area contributed by atoms with Gasteiger partial charge >= 0.3 is 5.97 Å². The number of carboxylic acid groups (broad SMARTS) is 1. The van der Waals surface area contributed by atoms with Crippen LogP contribution >= 0.6 is 0 Å². The van der Waals surface area contributed by atoms with Crippen LogP contribution in [0.5, 0.6) is 5.75 Å². The minimum Gasteiger partial charge on any atom is -0.480 e. The first-order valence-corrected chi connectivity index (χ1v) is 9.81. The maximum absolute atomic E-state index is 12.9. The molecule has 1 N–H and O–H groups in total. The first-order valence-electron chi connectivity index (χ1n) is 9.81. The fourth-order valence-electron chi connectivity index (χ4n) is 3.88. The molecule has 0 radical (unpaired) electrons. The zero-order chi connectivity index (χ0) is 20.1. The molecule has 1 aliphatic heterocycles. The summed E-state index contributed by atoms with van der Waals surface area (Å²) >= 11 is 0. The van der Waals surface area contributed by atoms with E-state index in [-0.39, 0.29) is 18.5 Å². The first kappa shape index (κ1) is 20.1. The van der Waals surface area contributed by atoms with Crippen LogP contribution in [0.15, 0.2) is 42.5 Å². The van der Waals surface area contributed by atoms with Gasteiger partial charge in [0.15, 0.2) is 6.10 Å². The van der Waals surface area contributed by atoms with Crippen molar-refractivity contribution in [3.05, 3.63) is 42.5 Å². The Kier molecular flexibility index (Phi) is 6.52. The van der Waals surface area contributed by atoms with E-state index in [9.17, 15) is 9.59 Å². The minimum absolute atomic E-state index is 0.0190. The van der Waals surface area contributed by atoms with Crippen LogP contribution < -0.4 is 4.74 Å². The van der Waals surface area contributed by atoms with E-state index in [0.29, 0.717) is 18.8 Å². The molecule has 1 heterocycles. The number of amides is 1. The standard InChI is InChI=1S/C22H28N2O4/c1-16(28-20-11-5-8-17-7-3-4-10-19(17)20)22(27)24-13-6-9-18(12-14-24)23(2)15-21(25)26/h3-5,7-8,10-11,16,18H,6,9,12-15H2,1-2H3,(H,25,26). The number of likely N-dealkylation sites (tertiary alicyclic amines) is 1. The third-order valence-electron chi connectivity index (χ3n) is 5.42. The highest BCUT2D eigenvalue weighted by Gasteiger charge is 2.27. The number of hydrogen-bond acceptors (Lipinski definition) is 4. The van der Waals surface area contributed by atoms with E-state index >= 15 is 0 Å². The summed E-state index contributed by atoms with van der Waals surface area (Å²) in [6.45, 7) is 3.12. The lowest BCUT2D eigenvalue weighted by atomic mass is 10.1. The third kappa shape index (κ3) is 4.81. The van der Waals surface area contributed by atoms with Gasteiger partial charge in [-0.25, -0.2) is 0 Å². The highest BCUT2D eigenvalue weighted by molar-refractivity contribution is 5.89. The van der Waals surface area contributed by atoms with Gasteiger partial charge in [-0.3, -0.25) is 14.5 Å². The van der Waals surface area contributed by atoms with Gasteiger partial charge in [-0.1, -0.05) is 36.4 Å². The van der Waals surface area contributed by atoms with E-state index < -0.39 is 12.1 Å². The predicted octanol–water partition coefficient (Wildman–Crippen LogP) is 3.00. The normalized spacial score (nSPS) is 18.7. The monoisotopic (exact) mass is 384 g/mol. The smallest absolute Gasteiger partial charge is 0.317 e. The molecule has 0 aromatic heterocycles. The van der Waals surface area contributed by atoms with Crippen LogP contribution in [-0.2, 0) is 9.59 Å². The average molecular weight is 384 g/mol. The summed E-state index contributed by atoms with van der Waals surface area (Å²) < 4.78 is 6.03. The van der Waals surface area contributed by atoms with Crippen LogP contribution in [0.25, 0.3) is 10.8 Å². The van der Waals surface area contributed by atoms with E-state index in [1.807, 2.05) is 59.3 Å². The van der Waals surface area contributed by atoms with Crippen LogP contribution in [0, 0.1) is 0 Å². The van der Waals surface area contributed by atoms with Gasteiger partial charge in [0.05, 0.1) is 6.54 Å². The maximum atomic E-state index is 12.9. The molecule has 3 rings (SSSR count). The molecule has 150 valence electrons. The number of likely N-dealkylation sites (N-methyl/N-ethyl adjacent to an activating group) is 1. The molecule has 6 nitrogen and oxygen atoms in total. The zero-order valence-corrected chi connectivity index (χ0v) is 16.5. The second kappa shape index (κ2) is 9.06. The van der Waals surface area contributed by atoms with E-state index in [4.69, 9.17) is 9.84 Å². The van der Waals surface area contributed by atoms with Crippen molar-refractivity contribution in [3.8, 4) is 5.75 Å². The Labute approximate surface area is 165 Å². The largest absolute Gasteiger partial charge is 0.480 e. The van der Waals surface area contributed by atoms with E-state index in [1.165, 1.54) is 0 Å². The summed E-state index contributed by atoms with van der Waals surface area (Å²) in [4.78, 5) is 27.6. The number of benzene rings is 2. The summed E-state index contributed by atoms with van der Waals surface area (Å²) in [6.07, 6.45) is 1.96. The molecule has 0 aliphatic carbocycles. The van der Waals surface area contributed by atoms with Crippen molar-refractivity contribution in [2.45, 2.75) is 38.3 Å². The Balaban J connectivity index is 1.62. The molecule has 2 aromatic carbocycles. The molecule has 0 spiro atoms. The molecule has 6 heteroatoms. The molecule has 0 saturated carbocycles. The average Bonchev–Trinajstić information content (AvgIpc) is 2.93. The summed E-state index contributed by atoms with van der Waals surface area (Å²) in [7, 11) is 1.84. The van der Waals surface area contributed by atoms with Gasteiger partial charge < -0.3 is 14.7 Å². The molecule has 1 aliphatic rings. The lowest BCUT2D eigenvalue weighted by Gasteiger charge is -2.27. The van der Waals surface area contributed by atoms with Crippen LogP contribution in [0.4, 0.5) is 0 Å². The Hall–Kier alpha value is -2.60. The molecule has 2 atom stereocenters. The van der Waals surface area contributed by atoms with Gasteiger partial charge in [0, 0.05) is 24.5 Å². The maximum Gasteiger partial charge on any atom is 0.317 e. The van der Waals surface area contributed by atoms with Crippen LogP contribution in [0.2, 0.25) is 0 Å². The number of ether oxygens (including phenoxy) is 1. The van der Waals surface area contributed by atoms with Crippen molar-refractivity contribution < 1.29 is 19.4 Å². The fourth-order valence-corrected chi connectivity index (χ4v) is 3.88. The fraction of sp³-hybridized carbons (Fsp3) is 0.455. The number of hydrogen-bond donors (Lipinski definition) is 1. The van der Waals surface area contributed by atoms with Crippen molar-refractivity contribution in [1.29, 1.82) is 0 Å². The van der Waals surface area contributed by atoms with Gasteiger partial charge in [-0.2, -0.15) is 0 Å². The highest BCUT2D eigenvalue weighted by atomic mass is 16.5. The quantitative estimate of drug-likeness (QED) is 0.829. The lowest BCUT2D eigenvalue weighted by Crippen LogP contribution is -2.42. The van der Waals surface area contributed by atoms with Crippen molar-refractivity contribution in [2.24, 2.45) is 0 Å². The van der Waals surface area contributed by atoms with Gasteiger partial charge in [-0.15, -0.1) is 0 Å². The lowest BCUT2D eigenvalue weighted by molar-refractivity contribution is -0.139. The number of nitrogens with zero attached hydrogens (tertiary/aromatic N) is 2. The number of carboxylic acids is 1. The molecule has 2 aromatic rings. The van der Waals surface area contributed by atoms with E-state index in [0.717, 1.165) is 30.0 Å². The second-order valence-corrected chi connectivity index (χ2v) is 7.46. The summed E-state index contributed by atoms with van der Waals surface area (Å²) in [5, 5.41) is 11.1. The Bertz CT molecular complexity index is 833. The summed E-state index contributed by atoms with van der Waals surface area (Å²) in [6, 6.07) is 14.0. The molecular formula is C22H28N2O4. The molecule has 2 unspecified atom stereocenters. The van der Waals surface area contributed by atoms with Crippen LogP contribution in [0.3, 0.4) is 0 Å². The summed E-state index contributed by atoms with van der Waals surface area (Å²) in [5.74, 6) is -0.126. The topological polar surface area (TPSA) is 70.1 Å². The molecule has 1 fully saturated rings. The van der Waals surface area contributed by atoms with Gasteiger partial charge in [0.25, 0.3) is 5.91 Å².